The summed E-state index contributed by atoms with van der Waals surface area (Å²) in [6.07, 6.45) is -1.45. The predicted molar refractivity (Wildman–Crippen MR) is 101 cm³/mol. The number of alkyl carbamates (subject to hydrolysis) is 1. The fourth-order valence-corrected chi connectivity index (χ4v) is 2.41. The standard InChI is InChI=1S/C21H25NO5/c1-21(2,3)27-20(25)22-17(14-23)19(24)26-18(15-10-6-4-7-11-15)16-12-8-5-9-13-16/h4-13,17-18,23H,14H2,1-3H3,(H,22,25)/t17-/m0/s1. The molecule has 0 heterocycles. The Morgan fingerprint density at radius 1 is 0.963 bits per heavy atom. The van der Waals surface area contributed by atoms with E-state index in [0.29, 0.717) is 0 Å². The average molecular weight is 371 g/mol. The first-order valence-corrected chi connectivity index (χ1v) is 8.71. The molecular weight excluding hydrogens is 346 g/mol. The van der Waals surface area contributed by atoms with Crippen LogP contribution in [0, 0.1) is 0 Å². The number of amides is 1. The monoisotopic (exact) mass is 371 g/mol. The van der Waals surface area contributed by atoms with Gasteiger partial charge in [-0.05, 0) is 31.9 Å². The van der Waals surface area contributed by atoms with Crippen molar-refractivity contribution in [3.8, 4) is 0 Å². The van der Waals surface area contributed by atoms with E-state index in [2.05, 4.69) is 5.32 Å². The van der Waals surface area contributed by atoms with Crippen LogP contribution in [0.15, 0.2) is 60.7 Å². The first-order valence-electron chi connectivity index (χ1n) is 8.71. The van der Waals surface area contributed by atoms with Crippen LogP contribution in [-0.2, 0) is 14.3 Å². The Bertz CT molecular complexity index is 701. The number of carbonyl (C=O) groups is 2. The Morgan fingerprint density at radius 3 is 1.85 bits per heavy atom. The molecule has 1 atom stereocenters. The predicted octanol–water partition coefficient (Wildman–Crippen LogP) is 3.20. The van der Waals surface area contributed by atoms with Crippen molar-refractivity contribution in [2.75, 3.05) is 6.61 Å². The van der Waals surface area contributed by atoms with Crippen LogP contribution in [0.3, 0.4) is 0 Å². The lowest BCUT2D eigenvalue weighted by atomic mass is 10.0. The minimum Gasteiger partial charge on any atom is -0.451 e. The number of aliphatic hydroxyl groups is 1. The molecule has 1 amide bonds. The Labute approximate surface area is 159 Å². The molecule has 0 radical (unpaired) electrons. The van der Waals surface area contributed by atoms with Crippen LogP contribution in [0.1, 0.15) is 38.0 Å². The maximum Gasteiger partial charge on any atom is 0.408 e. The normalized spacial score (nSPS) is 12.3. The van der Waals surface area contributed by atoms with Crippen LogP contribution in [0.4, 0.5) is 4.79 Å². The zero-order valence-corrected chi connectivity index (χ0v) is 15.7. The number of carbonyl (C=O) groups excluding carboxylic acids is 2. The summed E-state index contributed by atoms with van der Waals surface area (Å²) in [6.45, 7) is 4.52. The maximum absolute atomic E-state index is 12.6. The Kier molecular flexibility index (Phi) is 6.96. The second-order valence-corrected chi connectivity index (χ2v) is 7.02. The van der Waals surface area contributed by atoms with Crippen molar-refractivity contribution >= 4 is 12.1 Å². The zero-order chi connectivity index (χ0) is 19.9. The highest BCUT2D eigenvalue weighted by Crippen LogP contribution is 2.26. The number of rotatable bonds is 6. The van der Waals surface area contributed by atoms with Crippen molar-refractivity contribution in [2.45, 2.75) is 38.5 Å². The number of hydrogen-bond acceptors (Lipinski definition) is 5. The van der Waals surface area contributed by atoms with Crippen molar-refractivity contribution < 1.29 is 24.2 Å². The van der Waals surface area contributed by atoms with Crippen LogP contribution >= 0.6 is 0 Å². The lowest BCUT2D eigenvalue weighted by Crippen LogP contribution is -2.46. The second-order valence-electron chi connectivity index (χ2n) is 7.02. The molecular formula is C21H25NO5. The van der Waals surface area contributed by atoms with Gasteiger partial charge >= 0.3 is 12.1 Å². The number of ether oxygens (including phenoxy) is 2. The molecule has 0 saturated heterocycles. The summed E-state index contributed by atoms with van der Waals surface area (Å²) < 4.78 is 10.8. The highest BCUT2D eigenvalue weighted by molar-refractivity contribution is 5.82. The van der Waals surface area contributed by atoms with Gasteiger partial charge in [-0.3, -0.25) is 0 Å². The molecule has 2 rings (SSSR count). The van der Waals surface area contributed by atoms with E-state index in [1.165, 1.54) is 0 Å². The topological polar surface area (TPSA) is 84.9 Å². The summed E-state index contributed by atoms with van der Waals surface area (Å²) in [7, 11) is 0. The van der Waals surface area contributed by atoms with Crippen LogP contribution in [0.25, 0.3) is 0 Å². The number of aliphatic hydroxyl groups excluding tert-OH is 1. The van der Waals surface area contributed by atoms with E-state index < -0.39 is 36.4 Å². The third-order valence-electron chi connectivity index (χ3n) is 3.60. The second kappa shape index (κ2) is 9.19. The van der Waals surface area contributed by atoms with Gasteiger partial charge in [-0.15, -0.1) is 0 Å². The third-order valence-corrected chi connectivity index (χ3v) is 3.60. The largest absolute Gasteiger partial charge is 0.451 e. The van der Waals surface area contributed by atoms with E-state index in [1.807, 2.05) is 60.7 Å². The van der Waals surface area contributed by atoms with Gasteiger partial charge < -0.3 is 19.9 Å². The number of nitrogens with one attached hydrogen (secondary N) is 1. The summed E-state index contributed by atoms with van der Waals surface area (Å²) in [4.78, 5) is 24.5. The van der Waals surface area contributed by atoms with Crippen molar-refractivity contribution in [3.05, 3.63) is 71.8 Å². The van der Waals surface area contributed by atoms with Gasteiger partial charge in [0.2, 0.25) is 0 Å². The highest BCUT2D eigenvalue weighted by Gasteiger charge is 2.28. The van der Waals surface area contributed by atoms with E-state index in [-0.39, 0.29) is 0 Å². The van der Waals surface area contributed by atoms with Gasteiger partial charge in [0.25, 0.3) is 0 Å². The Balaban J connectivity index is 2.16. The molecule has 0 unspecified atom stereocenters. The molecule has 2 aromatic carbocycles. The van der Waals surface area contributed by atoms with E-state index >= 15 is 0 Å². The summed E-state index contributed by atoms with van der Waals surface area (Å²) >= 11 is 0. The van der Waals surface area contributed by atoms with Crippen LogP contribution < -0.4 is 5.32 Å². The molecule has 0 aliphatic heterocycles. The molecule has 2 aromatic rings. The van der Waals surface area contributed by atoms with Crippen LogP contribution in [0.5, 0.6) is 0 Å². The molecule has 0 aliphatic rings. The molecule has 0 fully saturated rings. The summed E-state index contributed by atoms with van der Waals surface area (Å²) in [5, 5.41) is 11.9. The van der Waals surface area contributed by atoms with Crippen molar-refractivity contribution in [3.63, 3.8) is 0 Å². The van der Waals surface area contributed by atoms with Gasteiger partial charge in [-0.25, -0.2) is 9.59 Å². The van der Waals surface area contributed by atoms with Gasteiger partial charge in [0.1, 0.15) is 5.60 Å². The molecule has 2 N–H and O–H groups in total. The molecule has 6 heteroatoms. The molecule has 27 heavy (non-hydrogen) atoms. The molecule has 0 bridgehead atoms. The molecule has 6 nitrogen and oxygen atoms in total. The van der Waals surface area contributed by atoms with Crippen LogP contribution in [0.2, 0.25) is 0 Å². The molecule has 0 aliphatic carbocycles. The summed E-state index contributed by atoms with van der Waals surface area (Å²) in [6, 6.07) is 17.3. The smallest absolute Gasteiger partial charge is 0.408 e. The average Bonchev–Trinajstić information content (AvgIpc) is 2.64. The third kappa shape index (κ3) is 6.42. The van der Waals surface area contributed by atoms with E-state index in [4.69, 9.17) is 9.47 Å². The van der Waals surface area contributed by atoms with Gasteiger partial charge in [-0.2, -0.15) is 0 Å². The first-order chi connectivity index (χ1) is 12.8. The van der Waals surface area contributed by atoms with E-state index in [0.717, 1.165) is 11.1 Å². The fraction of sp³-hybridized carbons (Fsp3) is 0.333. The zero-order valence-electron chi connectivity index (χ0n) is 15.7. The van der Waals surface area contributed by atoms with Gasteiger partial charge in [-0.1, -0.05) is 60.7 Å². The molecule has 0 spiro atoms. The maximum atomic E-state index is 12.6. The minimum atomic E-state index is -1.23. The first kappa shape index (κ1) is 20.5. The van der Waals surface area contributed by atoms with Crippen molar-refractivity contribution in [1.29, 1.82) is 0 Å². The molecule has 0 aromatic heterocycles. The summed E-state index contributed by atoms with van der Waals surface area (Å²) in [5.41, 5.74) is 0.849. The number of hydrogen-bond donors (Lipinski definition) is 2. The van der Waals surface area contributed by atoms with Crippen molar-refractivity contribution in [1.82, 2.24) is 5.32 Å². The summed E-state index contributed by atoms with van der Waals surface area (Å²) in [5.74, 6) is -0.749. The van der Waals surface area contributed by atoms with E-state index in [1.54, 1.807) is 20.8 Å². The molecule has 144 valence electrons. The van der Waals surface area contributed by atoms with Crippen molar-refractivity contribution in [2.24, 2.45) is 0 Å². The highest BCUT2D eigenvalue weighted by atomic mass is 16.6. The number of esters is 1. The Hall–Kier alpha value is -2.86. The minimum absolute atomic E-state index is 0.603. The van der Waals surface area contributed by atoms with E-state index in [9.17, 15) is 14.7 Å². The van der Waals surface area contributed by atoms with Gasteiger partial charge in [0.15, 0.2) is 12.1 Å². The molecule has 0 saturated carbocycles. The lowest BCUT2D eigenvalue weighted by Gasteiger charge is -2.24. The fourth-order valence-electron chi connectivity index (χ4n) is 2.41. The number of benzene rings is 2. The van der Waals surface area contributed by atoms with Gasteiger partial charge in [0.05, 0.1) is 6.61 Å². The Morgan fingerprint density at radius 2 is 1.44 bits per heavy atom. The van der Waals surface area contributed by atoms with Crippen LogP contribution in [-0.4, -0.2) is 35.4 Å². The SMILES string of the molecule is CC(C)(C)OC(=O)N[C@@H](CO)C(=O)OC(c1ccccc1)c1ccccc1. The van der Waals surface area contributed by atoms with Gasteiger partial charge in [0, 0.05) is 0 Å². The quantitative estimate of drug-likeness (QED) is 0.762. The lowest BCUT2D eigenvalue weighted by molar-refractivity contribution is -0.151.